The molecule has 1 unspecified atom stereocenters. The summed E-state index contributed by atoms with van der Waals surface area (Å²) in [5, 5.41) is 13.4. The van der Waals surface area contributed by atoms with Crippen molar-refractivity contribution in [3.8, 4) is 0 Å². The topological polar surface area (TPSA) is 77.2 Å². The number of rotatable bonds is 7. The van der Waals surface area contributed by atoms with Gasteiger partial charge in [-0.05, 0) is 29.7 Å². The maximum atomic E-state index is 11.8. The molecule has 1 heterocycles. The summed E-state index contributed by atoms with van der Waals surface area (Å²) >= 11 is 5.69. The molecule has 0 aromatic carbocycles. The van der Waals surface area contributed by atoms with Crippen molar-refractivity contribution < 1.29 is 9.72 Å². The molecule has 106 valence electrons. The zero-order valence-corrected chi connectivity index (χ0v) is 11.8. The van der Waals surface area contributed by atoms with Gasteiger partial charge in [-0.15, -0.1) is 11.6 Å². The third-order valence-corrected chi connectivity index (χ3v) is 3.46. The number of hydrogen-bond acceptors (Lipinski definition) is 3. The molecule has 7 heteroatoms. The van der Waals surface area contributed by atoms with Gasteiger partial charge < -0.3 is 15.4 Å². The van der Waals surface area contributed by atoms with Crippen molar-refractivity contribution in [2.75, 3.05) is 12.4 Å². The number of carbonyl (C=O) groups is 1. The Hall–Kier alpha value is -1.56. The lowest BCUT2D eigenvalue weighted by Crippen LogP contribution is -2.26. The molecule has 6 nitrogen and oxygen atoms in total. The molecule has 0 aliphatic heterocycles. The standard InChI is InChI=1S/C12H18ClN3O3/c1-9(8-13)4-3-7-14-12(17)10-5-6-11(15(10)2)16(18)19/h5-6,9H,3-4,7-8H2,1-2H3,(H,14,17). The number of aromatic nitrogens is 1. The fourth-order valence-corrected chi connectivity index (χ4v) is 1.89. The van der Waals surface area contributed by atoms with E-state index in [2.05, 4.69) is 12.2 Å². The highest BCUT2D eigenvalue weighted by Crippen LogP contribution is 2.14. The lowest BCUT2D eigenvalue weighted by Gasteiger charge is -2.07. The fourth-order valence-electron chi connectivity index (χ4n) is 1.73. The molecule has 0 saturated carbocycles. The second kappa shape index (κ2) is 7.13. The third kappa shape index (κ3) is 4.24. The normalized spacial score (nSPS) is 12.2. The monoisotopic (exact) mass is 287 g/mol. The summed E-state index contributed by atoms with van der Waals surface area (Å²) in [7, 11) is 1.50. The first-order chi connectivity index (χ1) is 8.97. The largest absolute Gasteiger partial charge is 0.358 e. The summed E-state index contributed by atoms with van der Waals surface area (Å²) in [5.41, 5.74) is 0.289. The van der Waals surface area contributed by atoms with Gasteiger partial charge in [0.25, 0.3) is 5.91 Å². The minimum atomic E-state index is -0.515. The molecule has 19 heavy (non-hydrogen) atoms. The van der Waals surface area contributed by atoms with Crippen molar-refractivity contribution in [1.29, 1.82) is 0 Å². The van der Waals surface area contributed by atoms with Gasteiger partial charge in [0.1, 0.15) is 0 Å². The molecule has 1 aromatic heterocycles. The zero-order valence-electron chi connectivity index (χ0n) is 11.1. The highest BCUT2D eigenvalue weighted by molar-refractivity contribution is 6.18. The smallest absolute Gasteiger partial charge is 0.323 e. The van der Waals surface area contributed by atoms with Crippen LogP contribution in [0, 0.1) is 16.0 Å². The molecular weight excluding hydrogens is 270 g/mol. The summed E-state index contributed by atoms with van der Waals surface area (Å²) in [5.74, 6) is 0.641. The van der Waals surface area contributed by atoms with Crippen molar-refractivity contribution in [2.45, 2.75) is 19.8 Å². The average molecular weight is 288 g/mol. The maximum Gasteiger partial charge on any atom is 0.323 e. The van der Waals surface area contributed by atoms with Crippen molar-refractivity contribution in [3.05, 3.63) is 27.9 Å². The van der Waals surface area contributed by atoms with E-state index in [9.17, 15) is 14.9 Å². The number of nitrogens with zero attached hydrogens (tertiary/aromatic N) is 2. The first kappa shape index (κ1) is 15.5. The van der Waals surface area contributed by atoms with Gasteiger partial charge in [0.2, 0.25) is 0 Å². The van der Waals surface area contributed by atoms with Gasteiger partial charge in [0.15, 0.2) is 5.69 Å². The van der Waals surface area contributed by atoms with E-state index in [4.69, 9.17) is 11.6 Å². The van der Waals surface area contributed by atoms with Crippen LogP contribution in [0.15, 0.2) is 12.1 Å². The lowest BCUT2D eigenvalue weighted by molar-refractivity contribution is -0.391. The third-order valence-electron chi connectivity index (χ3n) is 2.94. The Kier molecular flexibility index (Phi) is 5.82. The fraction of sp³-hybridized carbons (Fsp3) is 0.583. The number of amides is 1. The Morgan fingerprint density at radius 1 is 1.58 bits per heavy atom. The molecule has 0 fully saturated rings. The van der Waals surface area contributed by atoms with E-state index in [0.717, 1.165) is 12.8 Å². The van der Waals surface area contributed by atoms with Gasteiger partial charge in [-0.2, -0.15) is 0 Å². The van der Waals surface area contributed by atoms with E-state index in [1.165, 1.54) is 23.7 Å². The molecule has 1 rings (SSSR count). The number of halogens is 1. The van der Waals surface area contributed by atoms with Crippen LogP contribution in [-0.4, -0.2) is 27.8 Å². The summed E-state index contributed by atoms with van der Waals surface area (Å²) in [4.78, 5) is 22.0. The van der Waals surface area contributed by atoms with Crippen molar-refractivity contribution in [1.82, 2.24) is 9.88 Å². The predicted octanol–water partition coefficient (Wildman–Crippen LogP) is 2.32. The first-order valence-corrected chi connectivity index (χ1v) is 6.65. The highest BCUT2D eigenvalue weighted by Gasteiger charge is 2.19. The van der Waals surface area contributed by atoms with Crippen LogP contribution in [0.1, 0.15) is 30.3 Å². The summed E-state index contributed by atoms with van der Waals surface area (Å²) in [6, 6.07) is 2.78. The van der Waals surface area contributed by atoms with Crippen LogP contribution in [0.25, 0.3) is 0 Å². The van der Waals surface area contributed by atoms with E-state index in [1.807, 2.05) is 0 Å². The molecule has 0 saturated heterocycles. The summed E-state index contributed by atoms with van der Waals surface area (Å²) in [6.07, 6.45) is 1.78. The van der Waals surface area contributed by atoms with Crippen LogP contribution in [0.3, 0.4) is 0 Å². The molecule has 0 aliphatic carbocycles. The van der Waals surface area contributed by atoms with Gasteiger partial charge in [0, 0.05) is 18.5 Å². The molecule has 0 aliphatic rings. The van der Waals surface area contributed by atoms with Crippen molar-refractivity contribution in [3.63, 3.8) is 0 Å². The molecule has 1 aromatic rings. The Morgan fingerprint density at radius 3 is 2.79 bits per heavy atom. The number of nitro groups is 1. The first-order valence-electron chi connectivity index (χ1n) is 6.11. The second-order valence-corrected chi connectivity index (χ2v) is 4.86. The SMILES string of the molecule is CC(CCl)CCCNC(=O)c1ccc([N+](=O)[O-])n1C. The van der Waals surface area contributed by atoms with Gasteiger partial charge >= 0.3 is 5.82 Å². The quantitative estimate of drug-likeness (QED) is 0.362. The van der Waals surface area contributed by atoms with Crippen molar-refractivity contribution in [2.24, 2.45) is 13.0 Å². The van der Waals surface area contributed by atoms with Crippen LogP contribution >= 0.6 is 11.6 Å². The van der Waals surface area contributed by atoms with Crippen LogP contribution in [-0.2, 0) is 7.05 Å². The van der Waals surface area contributed by atoms with Crippen LogP contribution in [0.2, 0.25) is 0 Å². The molecular formula is C12H18ClN3O3. The molecule has 1 atom stereocenters. The Labute approximate surface area is 116 Å². The Morgan fingerprint density at radius 2 is 2.26 bits per heavy atom. The number of carbonyl (C=O) groups excluding carboxylic acids is 1. The maximum absolute atomic E-state index is 11.8. The number of alkyl halides is 1. The van der Waals surface area contributed by atoms with E-state index in [-0.39, 0.29) is 17.4 Å². The van der Waals surface area contributed by atoms with Crippen LogP contribution in [0.4, 0.5) is 5.82 Å². The van der Waals surface area contributed by atoms with Crippen molar-refractivity contribution >= 4 is 23.3 Å². The molecule has 0 bridgehead atoms. The molecule has 0 spiro atoms. The van der Waals surface area contributed by atoms with Gasteiger partial charge in [0.05, 0.1) is 7.05 Å². The molecule has 1 amide bonds. The number of hydrogen-bond donors (Lipinski definition) is 1. The van der Waals surface area contributed by atoms with E-state index in [1.54, 1.807) is 0 Å². The zero-order chi connectivity index (χ0) is 14.4. The second-order valence-electron chi connectivity index (χ2n) is 4.55. The Bertz CT molecular complexity index is 459. The lowest BCUT2D eigenvalue weighted by atomic mass is 10.1. The predicted molar refractivity (Wildman–Crippen MR) is 73.5 cm³/mol. The Balaban J connectivity index is 2.48. The minimum absolute atomic E-state index is 0.0964. The van der Waals surface area contributed by atoms with Gasteiger partial charge in [-0.1, -0.05) is 6.92 Å². The summed E-state index contributed by atoms with van der Waals surface area (Å²) < 4.78 is 1.27. The van der Waals surface area contributed by atoms with E-state index < -0.39 is 4.92 Å². The van der Waals surface area contributed by atoms with Gasteiger partial charge in [-0.25, -0.2) is 4.57 Å². The van der Waals surface area contributed by atoms with Crippen LogP contribution < -0.4 is 5.32 Å². The van der Waals surface area contributed by atoms with E-state index in [0.29, 0.717) is 18.3 Å². The average Bonchev–Trinajstić information content (AvgIpc) is 2.76. The summed E-state index contributed by atoms with van der Waals surface area (Å²) in [6.45, 7) is 2.59. The van der Waals surface area contributed by atoms with Gasteiger partial charge in [-0.3, -0.25) is 4.79 Å². The number of nitrogens with one attached hydrogen (secondary N) is 1. The minimum Gasteiger partial charge on any atom is -0.358 e. The van der Waals surface area contributed by atoms with E-state index >= 15 is 0 Å². The highest BCUT2D eigenvalue weighted by atomic mass is 35.5. The van der Waals surface area contributed by atoms with Crippen LogP contribution in [0.5, 0.6) is 0 Å². The molecule has 1 N–H and O–H groups in total. The molecule has 0 radical (unpaired) electrons.